The molecule has 0 bridgehead atoms. The smallest absolute Gasteiger partial charge is 0.335 e. The van der Waals surface area contributed by atoms with Crippen molar-refractivity contribution in [2.24, 2.45) is 0 Å². The highest BCUT2D eigenvalue weighted by atomic mass is 19.1. The molecule has 6 nitrogen and oxygen atoms in total. The number of aromatic nitrogens is 1. The van der Waals surface area contributed by atoms with Gasteiger partial charge in [0.2, 0.25) is 5.71 Å². The van der Waals surface area contributed by atoms with Crippen LogP contribution in [0, 0.1) is 5.82 Å². The molecule has 0 fully saturated rings. The van der Waals surface area contributed by atoms with Gasteiger partial charge in [-0.25, -0.2) is 14.2 Å². The molecule has 0 aliphatic rings. The topological polar surface area (TPSA) is 92.4 Å². The van der Waals surface area contributed by atoms with Crippen molar-refractivity contribution >= 4 is 29.1 Å². The Hall–Kier alpha value is -4.26. The normalized spacial score (nSPS) is 11.2. The zero-order valence-corrected chi connectivity index (χ0v) is 17.3. The predicted octanol–water partition coefficient (Wildman–Crippen LogP) is 5.39. The van der Waals surface area contributed by atoms with Gasteiger partial charge in [0, 0.05) is 18.2 Å². The first-order valence-electron chi connectivity index (χ1n) is 9.85. The van der Waals surface area contributed by atoms with Gasteiger partial charge in [-0.15, -0.1) is 0 Å². The zero-order valence-electron chi connectivity index (χ0n) is 17.3. The molecule has 0 aliphatic heterocycles. The summed E-state index contributed by atoms with van der Waals surface area (Å²) in [5.41, 5.74) is 3.03. The third-order valence-electron chi connectivity index (χ3n) is 5.02. The van der Waals surface area contributed by atoms with E-state index in [0.29, 0.717) is 27.8 Å². The molecule has 2 N–H and O–H groups in total. The maximum atomic E-state index is 13.4. The second-order valence-electron chi connectivity index (χ2n) is 7.05. The van der Waals surface area contributed by atoms with E-state index in [9.17, 15) is 19.1 Å². The van der Waals surface area contributed by atoms with Gasteiger partial charge in [0.05, 0.1) is 22.2 Å². The summed E-state index contributed by atoms with van der Waals surface area (Å²) in [7, 11) is 1.51. The Morgan fingerprint density at radius 1 is 1.09 bits per heavy atom. The summed E-state index contributed by atoms with van der Waals surface area (Å²) >= 11 is 0. The van der Waals surface area contributed by atoms with Crippen LogP contribution >= 0.6 is 0 Å². The summed E-state index contributed by atoms with van der Waals surface area (Å²) in [6.07, 6.45) is 3.59. The van der Waals surface area contributed by atoms with Crippen molar-refractivity contribution < 1.29 is 23.5 Å². The van der Waals surface area contributed by atoms with Gasteiger partial charge in [-0.1, -0.05) is 18.2 Å². The molecular weight excluding hydrogens is 411 g/mol. The highest BCUT2D eigenvalue weighted by Crippen LogP contribution is 2.37. The molecule has 4 rings (SSSR count). The summed E-state index contributed by atoms with van der Waals surface area (Å²) in [5, 5.41) is 12.5. The van der Waals surface area contributed by atoms with E-state index in [2.05, 4.69) is 10.3 Å². The summed E-state index contributed by atoms with van der Waals surface area (Å²) in [6, 6.07) is 13.9. The van der Waals surface area contributed by atoms with Gasteiger partial charge in [-0.05, 0) is 61.0 Å². The van der Waals surface area contributed by atoms with Crippen LogP contribution in [0.25, 0.3) is 39.6 Å². The second kappa shape index (κ2) is 8.47. The molecule has 0 radical (unpaired) electrons. The number of amides is 1. The molecule has 0 spiro atoms. The molecule has 0 saturated heterocycles. The number of carboxylic acids is 1. The number of halogens is 1. The van der Waals surface area contributed by atoms with Gasteiger partial charge in [-0.3, -0.25) is 4.79 Å². The van der Waals surface area contributed by atoms with Crippen molar-refractivity contribution in [3.8, 4) is 22.5 Å². The van der Waals surface area contributed by atoms with E-state index < -0.39 is 11.8 Å². The average Bonchev–Trinajstić information content (AvgIpc) is 3.17. The first kappa shape index (κ1) is 21.0. The van der Waals surface area contributed by atoms with Crippen molar-refractivity contribution in [1.82, 2.24) is 10.3 Å². The van der Waals surface area contributed by atoms with Crippen LogP contribution in [0.2, 0.25) is 0 Å². The molecule has 7 heteroatoms. The van der Waals surface area contributed by atoms with Crippen LogP contribution in [0.5, 0.6) is 0 Å². The van der Waals surface area contributed by atoms with Gasteiger partial charge < -0.3 is 14.8 Å². The lowest BCUT2D eigenvalue weighted by Gasteiger charge is -2.08. The van der Waals surface area contributed by atoms with E-state index in [-0.39, 0.29) is 28.5 Å². The molecule has 0 unspecified atom stereocenters. The molecular formula is C25H19FN2O4. The first-order chi connectivity index (χ1) is 15.4. The van der Waals surface area contributed by atoms with E-state index in [0.717, 1.165) is 0 Å². The van der Waals surface area contributed by atoms with E-state index in [1.165, 1.54) is 37.4 Å². The van der Waals surface area contributed by atoms with E-state index >= 15 is 0 Å². The highest BCUT2D eigenvalue weighted by molar-refractivity contribution is 6.11. The Kier molecular flexibility index (Phi) is 5.55. The minimum absolute atomic E-state index is 0.139. The number of nitrogens with zero attached hydrogens (tertiary/aromatic N) is 1. The summed E-state index contributed by atoms with van der Waals surface area (Å²) < 4.78 is 19.4. The van der Waals surface area contributed by atoms with Crippen LogP contribution < -0.4 is 5.32 Å². The fraction of sp³-hybridized carbons (Fsp3) is 0.0800. The van der Waals surface area contributed by atoms with Crippen molar-refractivity contribution in [1.29, 1.82) is 0 Å². The number of carbonyl (C=O) groups is 2. The monoisotopic (exact) mass is 430 g/mol. The van der Waals surface area contributed by atoms with Crippen LogP contribution in [0.15, 0.2) is 65.1 Å². The quantitative estimate of drug-likeness (QED) is 0.443. The van der Waals surface area contributed by atoms with E-state index in [4.69, 9.17) is 4.42 Å². The van der Waals surface area contributed by atoms with Crippen LogP contribution in [-0.2, 0) is 0 Å². The Labute approximate surface area is 183 Å². The number of allylic oxidation sites excluding steroid dienone is 1. The summed E-state index contributed by atoms with van der Waals surface area (Å²) in [6.45, 7) is 1.84. The Morgan fingerprint density at radius 3 is 2.50 bits per heavy atom. The number of aromatic carboxylic acids is 1. The molecule has 0 atom stereocenters. The fourth-order valence-corrected chi connectivity index (χ4v) is 3.53. The number of fused-ring (bicyclic) bond motifs is 1. The number of rotatable bonds is 5. The lowest BCUT2D eigenvalue weighted by atomic mass is 9.98. The largest absolute Gasteiger partial charge is 0.478 e. The SMILES string of the molecule is C/C=C\c1nc2oc(-c3ccc(F)cc3)c(C(=O)NC)c2cc1-c1cccc(C(=O)O)c1. The van der Waals surface area contributed by atoms with Crippen LogP contribution in [0.1, 0.15) is 33.3 Å². The van der Waals surface area contributed by atoms with Gasteiger partial charge in [0.25, 0.3) is 5.91 Å². The molecule has 4 aromatic rings. The predicted molar refractivity (Wildman–Crippen MR) is 120 cm³/mol. The number of nitrogens with one attached hydrogen (secondary N) is 1. The maximum absolute atomic E-state index is 13.4. The Morgan fingerprint density at radius 2 is 1.84 bits per heavy atom. The molecule has 2 aromatic heterocycles. The minimum Gasteiger partial charge on any atom is -0.478 e. The number of pyridine rings is 1. The molecule has 2 heterocycles. The molecule has 1 amide bonds. The second-order valence-corrected chi connectivity index (χ2v) is 7.05. The van der Waals surface area contributed by atoms with Gasteiger partial charge in [0.1, 0.15) is 11.6 Å². The number of hydrogen-bond acceptors (Lipinski definition) is 4. The van der Waals surface area contributed by atoms with Crippen LogP contribution in [-0.4, -0.2) is 29.0 Å². The summed E-state index contributed by atoms with van der Waals surface area (Å²) in [4.78, 5) is 28.8. The molecule has 32 heavy (non-hydrogen) atoms. The number of carbonyl (C=O) groups excluding carboxylic acids is 1. The number of hydrogen-bond donors (Lipinski definition) is 2. The van der Waals surface area contributed by atoms with Gasteiger partial charge in [0.15, 0.2) is 0 Å². The summed E-state index contributed by atoms with van der Waals surface area (Å²) in [5.74, 6) is -1.55. The molecule has 160 valence electrons. The van der Waals surface area contributed by atoms with Crippen molar-refractivity contribution in [3.05, 3.63) is 83.3 Å². The lowest BCUT2D eigenvalue weighted by molar-refractivity contribution is 0.0696. The fourth-order valence-electron chi connectivity index (χ4n) is 3.53. The van der Waals surface area contributed by atoms with Crippen molar-refractivity contribution in [3.63, 3.8) is 0 Å². The molecule has 2 aromatic carbocycles. The molecule has 0 saturated carbocycles. The lowest BCUT2D eigenvalue weighted by Crippen LogP contribution is -2.18. The third kappa shape index (κ3) is 3.76. The highest BCUT2D eigenvalue weighted by Gasteiger charge is 2.24. The number of benzene rings is 2. The van der Waals surface area contributed by atoms with Crippen LogP contribution in [0.3, 0.4) is 0 Å². The minimum atomic E-state index is -1.04. The van der Waals surface area contributed by atoms with E-state index in [1.807, 2.05) is 13.0 Å². The first-order valence-corrected chi connectivity index (χ1v) is 9.85. The average molecular weight is 430 g/mol. The van der Waals surface area contributed by atoms with Gasteiger partial charge >= 0.3 is 5.97 Å². The number of furan rings is 1. The number of carboxylic acid groups (broad SMARTS) is 1. The van der Waals surface area contributed by atoms with Crippen molar-refractivity contribution in [2.45, 2.75) is 6.92 Å². The molecule has 0 aliphatic carbocycles. The Balaban J connectivity index is 2.03. The maximum Gasteiger partial charge on any atom is 0.335 e. The van der Waals surface area contributed by atoms with E-state index in [1.54, 1.807) is 30.3 Å². The third-order valence-corrected chi connectivity index (χ3v) is 5.02. The standard InChI is InChI=1S/C25H19FN2O4/c1-3-5-20-18(15-6-4-7-16(12-15)25(30)31)13-19-21(23(29)27-2)22(32-24(19)28-20)14-8-10-17(26)11-9-14/h3-13H,1-2H3,(H,27,29)(H,30,31)/b5-3-. The van der Waals surface area contributed by atoms with Gasteiger partial charge in [-0.2, -0.15) is 0 Å². The van der Waals surface area contributed by atoms with Crippen molar-refractivity contribution in [2.75, 3.05) is 7.05 Å². The zero-order chi connectivity index (χ0) is 22.8. The van der Waals surface area contributed by atoms with Crippen LogP contribution in [0.4, 0.5) is 4.39 Å². The Bertz CT molecular complexity index is 1370.